The second-order valence-corrected chi connectivity index (χ2v) is 3.51. The molecule has 0 aliphatic carbocycles. The van der Waals surface area contributed by atoms with E-state index in [0.717, 1.165) is 0 Å². The lowest BCUT2D eigenvalue weighted by Gasteiger charge is -2.19. The Kier molecular flexibility index (Phi) is 3.68. The molecule has 0 aliphatic heterocycles. The number of phenolic OH excluding ortho intramolecular Hbond substituents is 1. The number of carbonyl (C=O) groups excluding carboxylic acids is 1. The van der Waals surface area contributed by atoms with Crippen LogP contribution in [-0.2, 0) is 4.79 Å². The summed E-state index contributed by atoms with van der Waals surface area (Å²) in [5.74, 6) is 0.0682. The van der Waals surface area contributed by atoms with Gasteiger partial charge in [-0.15, -0.1) is 0 Å². The van der Waals surface area contributed by atoms with Crippen molar-refractivity contribution in [2.75, 3.05) is 13.6 Å². The van der Waals surface area contributed by atoms with Crippen LogP contribution in [-0.4, -0.2) is 34.6 Å². The van der Waals surface area contributed by atoms with E-state index in [-0.39, 0.29) is 18.2 Å². The minimum absolute atomic E-state index is 0.0900. The first-order valence-corrected chi connectivity index (χ1v) is 4.69. The number of rotatable bonds is 3. The zero-order chi connectivity index (χ0) is 11.4. The van der Waals surface area contributed by atoms with Gasteiger partial charge in [-0.1, -0.05) is 12.1 Å². The maximum atomic E-state index is 10.9. The van der Waals surface area contributed by atoms with E-state index in [2.05, 4.69) is 0 Å². The van der Waals surface area contributed by atoms with Crippen LogP contribution in [0.2, 0.25) is 0 Å². The van der Waals surface area contributed by atoms with E-state index in [1.807, 2.05) is 0 Å². The fraction of sp³-hybridized carbons (Fsp3) is 0.364. The monoisotopic (exact) mass is 209 g/mol. The van der Waals surface area contributed by atoms with Crippen LogP contribution in [0.25, 0.3) is 0 Å². The number of aliphatic hydroxyl groups is 1. The molecule has 0 bridgehead atoms. The molecule has 0 unspecified atom stereocenters. The van der Waals surface area contributed by atoms with Crippen molar-refractivity contribution in [2.24, 2.45) is 0 Å². The lowest BCUT2D eigenvalue weighted by molar-refractivity contribution is -0.128. The first kappa shape index (κ1) is 11.5. The number of aliphatic hydroxyl groups excluding tert-OH is 1. The summed E-state index contributed by atoms with van der Waals surface area (Å²) in [5.41, 5.74) is 0.681. The van der Waals surface area contributed by atoms with Crippen molar-refractivity contribution in [1.82, 2.24) is 4.90 Å². The van der Waals surface area contributed by atoms with E-state index in [1.54, 1.807) is 19.2 Å². The lowest BCUT2D eigenvalue weighted by Crippen LogP contribution is -2.28. The molecule has 0 aromatic heterocycles. The van der Waals surface area contributed by atoms with Crippen molar-refractivity contribution in [1.29, 1.82) is 0 Å². The van der Waals surface area contributed by atoms with E-state index < -0.39 is 6.10 Å². The summed E-state index contributed by atoms with van der Waals surface area (Å²) in [6, 6.07) is 6.28. The second-order valence-electron chi connectivity index (χ2n) is 3.51. The molecule has 0 radical (unpaired) electrons. The predicted octanol–water partition coefficient (Wildman–Crippen LogP) is 0.904. The van der Waals surface area contributed by atoms with E-state index >= 15 is 0 Å². The van der Waals surface area contributed by atoms with Gasteiger partial charge in [-0.05, 0) is 17.7 Å². The highest BCUT2D eigenvalue weighted by Crippen LogP contribution is 2.17. The van der Waals surface area contributed by atoms with Crippen LogP contribution in [0.4, 0.5) is 0 Å². The highest BCUT2D eigenvalue weighted by Gasteiger charge is 2.11. The van der Waals surface area contributed by atoms with E-state index in [9.17, 15) is 9.90 Å². The van der Waals surface area contributed by atoms with Crippen LogP contribution in [0.3, 0.4) is 0 Å². The number of carbonyl (C=O) groups is 1. The van der Waals surface area contributed by atoms with Crippen LogP contribution in [0.5, 0.6) is 5.75 Å². The zero-order valence-corrected chi connectivity index (χ0v) is 8.84. The van der Waals surface area contributed by atoms with E-state index in [4.69, 9.17) is 5.11 Å². The molecular formula is C11H15NO3. The molecule has 0 fully saturated rings. The van der Waals surface area contributed by atoms with E-state index in [1.165, 1.54) is 24.0 Å². The number of nitrogens with zero attached hydrogens (tertiary/aromatic N) is 1. The number of likely N-dealkylation sites (N-methyl/N-ethyl adjacent to an activating group) is 1. The fourth-order valence-electron chi connectivity index (χ4n) is 1.19. The molecule has 82 valence electrons. The third-order valence-corrected chi connectivity index (χ3v) is 2.26. The number of hydrogen-bond donors (Lipinski definition) is 2. The Balaban J connectivity index is 2.64. The Morgan fingerprint density at radius 1 is 1.40 bits per heavy atom. The van der Waals surface area contributed by atoms with Crippen molar-refractivity contribution in [3.63, 3.8) is 0 Å². The first-order chi connectivity index (χ1) is 7.00. The Labute approximate surface area is 88.8 Å². The quantitative estimate of drug-likeness (QED) is 0.777. The third kappa shape index (κ3) is 3.25. The Morgan fingerprint density at radius 2 is 1.93 bits per heavy atom. The van der Waals surface area contributed by atoms with Crippen LogP contribution < -0.4 is 0 Å². The number of benzene rings is 1. The number of hydrogen-bond acceptors (Lipinski definition) is 3. The smallest absolute Gasteiger partial charge is 0.219 e. The topological polar surface area (TPSA) is 60.8 Å². The Bertz CT molecular complexity index is 334. The van der Waals surface area contributed by atoms with Crippen molar-refractivity contribution in [2.45, 2.75) is 13.0 Å². The van der Waals surface area contributed by atoms with Gasteiger partial charge in [0.05, 0.1) is 12.6 Å². The number of amides is 1. The number of phenols is 1. The summed E-state index contributed by atoms with van der Waals surface area (Å²) >= 11 is 0. The summed E-state index contributed by atoms with van der Waals surface area (Å²) in [4.78, 5) is 12.4. The summed E-state index contributed by atoms with van der Waals surface area (Å²) in [7, 11) is 1.63. The van der Waals surface area contributed by atoms with Gasteiger partial charge in [0.1, 0.15) is 5.75 Å². The molecule has 2 N–H and O–H groups in total. The van der Waals surface area contributed by atoms with Crippen molar-refractivity contribution in [3.05, 3.63) is 29.8 Å². The van der Waals surface area contributed by atoms with Crippen LogP contribution in [0.15, 0.2) is 24.3 Å². The van der Waals surface area contributed by atoms with Gasteiger partial charge in [0.15, 0.2) is 0 Å². The van der Waals surface area contributed by atoms with Gasteiger partial charge in [-0.2, -0.15) is 0 Å². The van der Waals surface area contributed by atoms with Gasteiger partial charge >= 0.3 is 0 Å². The number of aromatic hydroxyl groups is 1. The van der Waals surface area contributed by atoms with Crippen molar-refractivity contribution >= 4 is 5.91 Å². The van der Waals surface area contributed by atoms with Crippen molar-refractivity contribution < 1.29 is 15.0 Å². The summed E-state index contributed by atoms with van der Waals surface area (Å²) in [6.45, 7) is 1.70. The molecule has 1 aromatic rings. The van der Waals surface area contributed by atoms with Crippen LogP contribution >= 0.6 is 0 Å². The van der Waals surface area contributed by atoms with Gasteiger partial charge < -0.3 is 15.1 Å². The molecule has 0 heterocycles. The Hall–Kier alpha value is -1.55. The summed E-state index contributed by atoms with van der Waals surface area (Å²) in [6.07, 6.45) is -0.723. The Morgan fingerprint density at radius 3 is 2.40 bits per heavy atom. The largest absolute Gasteiger partial charge is 0.508 e. The molecule has 15 heavy (non-hydrogen) atoms. The highest BCUT2D eigenvalue weighted by molar-refractivity contribution is 5.72. The summed E-state index contributed by atoms with van der Waals surface area (Å²) < 4.78 is 0. The fourth-order valence-corrected chi connectivity index (χ4v) is 1.19. The van der Waals surface area contributed by atoms with E-state index in [0.29, 0.717) is 5.56 Å². The predicted molar refractivity (Wildman–Crippen MR) is 56.4 cm³/mol. The molecule has 0 aliphatic rings. The molecule has 0 saturated carbocycles. The highest BCUT2D eigenvalue weighted by atomic mass is 16.3. The van der Waals surface area contributed by atoms with Gasteiger partial charge in [0.2, 0.25) is 5.91 Å². The molecule has 1 aromatic carbocycles. The average Bonchev–Trinajstić information content (AvgIpc) is 2.18. The second kappa shape index (κ2) is 4.79. The third-order valence-electron chi connectivity index (χ3n) is 2.26. The van der Waals surface area contributed by atoms with Gasteiger partial charge in [0.25, 0.3) is 0 Å². The zero-order valence-electron chi connectivity index (χ0n) is 8.84. The molecular weight excluding hydrogens is 194 g/mol. The SMILES string of the molecule is CC(=O)N(C)C[C@H](O)c1ccc(O)cc1. The average molecular weight is 209 g/mol. The molecule has 1 rings (SSSR count). The molecule has 0 spiro atoms. The standard InChI is InChI=1S/C11H15NO3/c1-8(13)12(2)7-11(15)9-3-5-10(14)6-4-9/h3-6,11,14-15H,7H2,1-2H3/t11-/m0/s1. The van der Waals surface area contributed by atoms with Crippen LogP contribution in [0.1, 0.15) is 18.6 Å². The molecule has 4 heteroatoms. The van der Waals surface area contributed by atoms with Gasteiger partial charge in [-0.25, -0.2) is 0 Å². The maximum Gasteiger partial charge on any atom is 0.219 e. The lowest BCUT2D eigenvalue weighted by atomic mass is 10.1. The van der Waals surface area contributed by atoms with Gasteiger partial charge in [0, 0.05) is 14.0 Å². The molecule has 1 amide bonds. The minimum atomic E-state index is -0.723. The molecule has 4 nitrogen and oxygen atoms in total. The van der Waals surface area contributed by atoms with Gasteiger partial charge in [-0.3, -0.25) is 4.79 Å². The van der Waals surface area contributed by atoms with Crippen LogP contribution in [0, 0.1) is 0 Å². The molecule has 0 saturated heterocycles. The normalized spacial score (nSPS) is 12.2. The first-order valence-electron chi connectivity index (χ1n) is 4.69. The summed E-state index contributed by atoms with van der Waals surface area (Å²) in [5, 5.41) is 18.8. The molecule has 1 atom stereocenters. The maximum absolute atomic E-state index is 10.9. The minimum Gasteiger partial charge on any atom is -0.508 e. The van der Waals surface area contributed by atoms with Crippen molar-refractivity contribution in [3.8, 4) is 5.75 Å².